The van der Waals surface area contributed by atoms with Crippen molar-refractivity contribution in [1.82, 2.24) is 4.98 Å². The van der Waals surface area contributed by atoms with Crippen LogP contribution in [0.5, 0.6) is 0 Å². The quantitative estimate of drug-likeness (QED) is 0.928. The number of amides is 1. The molecule has 2 aromatic rings. The molecule has 0 spiro atoms. The number of nitrogens with one attached hydrogen (secondary N) is 1. The third-order valence-electron chi connectivity index (χ3n) is 3.03. The van der Waals surface area contributed by atoms with Crippen molar-refractivity contribution in [3.8, 4) is 0 Å². The molecule has 0 bridgehead atoms. The molecule has 0 saturated heterocycles. The molecule has 1 aliphatic carbocycles. The average Bonchev–Trinajstić information content (AvgIpc) is 3.13. The Morgan fingerprint density at radius 1 is 1.47 bits per heavy atom. The van der Waals surface area contributed by atoms with E-state index in [-0.39, 0.29) is 11.7 Å². The van der Waals surface area contributed by atoms with Gasteiger partial charge in [-0.05, 0) is 38.0 Å². The number of benzene rings is 1. The van der Waals surface area contributed by atoms with E-state index in [2.05, 4.69) is 10.3 Å². The molecular weight excluding hydrogens is 263 g/mol. The lowest BCUT2D eigenvalue weighted by Crippen LogP contribution is -2.11. The summed E-state index contributed by atoms with van der Waals surface area (Å²) in [6.07, 6.45) is 2.33. The number of hydrogen-bond donors (Lipinski definition) is 1. The van der Waals surface area contributed by atoms with Gasteiger partial charge in [-0.2, -0.15) is 0 Å². The Hall–Kier alpha value is -1.75. The van der Waals surface area contributed by atoms with E-state index in [4.69, 9.17) is 0 Å². The average molecular weight is 276 g/mol. The number of aryl methyl sites for hydroxylation is 1. The van der Waals surface area contributed by atoms with Crippen LogP contribution in [0.2, 0.25) is 0 Å². The second-order valence-corrected chi connectivity index (χ2v) is 5.74. The zero-order valence-electron chi connectivity index (χ0n) is 10.4. The highest BCUT2D eigenvalue weighted by atomic mass is 32.1. The fraction of sp³-hybridized carbons (Fsp3) is 0.286. The molecule has 1 aromatic carbocycles. The number of thiazole rings is 1. The van der Waals surface area contributed by atoms with Gasteiger partial charge in [0.15, 0.2) is 0 Å². The van der Waals surface area contributed by atoms with Gasteiger partial charge < -0.3 is 5.32 Å². The minimum atomic E-state index is -0.363. The van der Waals surface area contributed by atoms with Crippen molar-refractivity contribution in [1.29, 1.82) is 0 Å². The lowest BCUT2D eigenvalue weighted by Gasteiger charge is -2.03. The van der Waals surface area contributed by atoms with Crippen molar-refractivity contribution < 1.29 is 9.18 Å². The van der Waals surface area contributed by atoms with Gasteiger partial charge in [0, 0.05) is 11.6 Å². The number of nitrogens with zero attached hydrogens (tertiary/aromatic N) is 1. The standard InChI is InChI=1S/C14H13FN2OS/c1-8-12(19-14(16-8)9-5-6-9)13(18)17-11-4-2-3-10(15)7-11/h2-4,7,9H,5-6H2,1H3,(H,17,18). The summed E-state index contributed by atoms with van der Waals surface area (Å²) in [5.74, 6) is -0.0376. The minimum absolute atomic E-state index is 0.215. The summed E-state index contributed by atoms with van der Waals surface area (Å²) < 4.78 is 13.1. The summed E-state index contributed by atoms with van der Waals surface area (Å²) in [6.45, 7) is 1.84. The third-order valence-corrected chi connectivity index (χ3v) is 4.35. The Balaban J connectivity index is 1.80. The van der Waals surface area contributed by atoms with Crippen LogP contribution in [0.4, 0.5) is 10.1 Å². The van der Waals surface area contributed by atoms with E-state index in [0.29, 0.717) is 16.5 Å². The highest BCUT2D eigenvalue weighted by molar-refractivity contribution is 7.14. The lowest BCUT2D eigenvalue weighted by atomic mass is 10.3. The summed E-state index contributed by atoms with van der Waals surface area (Å²) in [5.41, 5.74) is 1.21. The first-order chi connectivity index (χ1) is 9.13. The minimum Gasteiger partial charge on any atom is -0.321 e. The fourth-order valence-electron chi connectivity index (χ4n) is 1.89. The van der Waals surface area contributed by atoms with Gasteiger partial charge >= 0.3 is 0 Å². The molecule has 0 aliphatic heterocycles. The number of carbonyl (C=O) groups is 1. The molecule has 98 valence electrons. The maximum Gasteiger partial charge on any atom is 0.267 e. The summed E-state index contributed by atoms with van der Waals surface area (Å²) in [4.78, 5) is 17.2. The summed E-state index contributed by atoms with van der Waals surface area (Å²) in [7, 11) is 0. The first kappa shape index (κ1) is 12.3. The summed E-state index contributed by atoms with van der Waals surface area (Å²) in [5, 5.41) is 3.75. The van der Waals surface area contributed by atoms with Gasteiger partial charge in [0.2, 0.25) is 0 Å². The van der Waals surface area contributed by atoms with E-state index in [1.165, 1.54) is 23.5 Å². The van der Waals surface area contributed by atoms with E-state index < -0.39 is 0 Å². The van der Waals surface area contributed by atoms with Gasteiger partial charge in [-0.15, -0.1) is 11.3 Å². The molecule has 3 nitrogen and oxygen atoms in total. The van der Waals surface area contributed by atoms with Crippen LogP contribution < -0.4 is 5.32 Å². The van der Waals surface area contributed by atoms with Crippen molar-refractivity contribution in [2.75, 3.05) is 5.32 Å². The van der Waals surface area contributed by atoms with Gasteiger partial charge in [0.1, 0.15) is 10.7 Å². The Morgan fingerprint density at radius 3 is 2.95 bits per heavy atom. The van der Waals surface area contributed by atoms with Crippen LogP contribution in [0.3, 0.4) is 0 Å². The van der Waals surface area contributed by atoms with Gasteiger partial charge in [-0.1, -0.05) is 6.07 Å². The maximum atomic E-state index is 13.1. The van der Waals surface area contributed by atoms with E-state index >= 15 is 0 Å². The first-order valence-electron chi connectivity index (χ1n) is 6.18. The lowest BCUT2D eigenvalue weighted by molar-refractivity contribution is 0.103. The normalized spacial score (nSPS) is 14.4. The van der Waals surface area contributed by atoms with Crippen LogP contribution in [-0.2, 0) is 0 Å². The second-order valence-electron chi connectivity index (χ2n) is 4.71. The first-order valence-corrected chi connectivity index (χ1v) is 6.99. The molecule has 1 fully saturated rings. The molecule has 1 amide bonds. The fourth-order valence-corrected chi connectivity index (χ4v) is 3.02. The number of anilines is 1. The number of carbonyl (C=O) groups excluding carboxylic acids is 1. The zero-order valence-corrected chi connectivity index (χ0v) is 11.3. The van der Waals surface area contributed by atoms with Crippen molar-refractivity contribution >= 4 is 22.9 Å². The molecular formula is C14H13FN2OS. The Kier molecular flexibility index (Phi) is 3.06. The van der Waals surface area contributed by atoms with Crippen molar-refractivity contribution in [2.24, 2.45) is 0 Å². The molecule has 1 N–H and O–H groups in total. The van der Waals surface area contributed by atoms with Crippen LogP contribution in [0, 0.1) is 12.7 Å². The molecule has 5 heteroatoms. The van der Waals surface area contributed by atoms with E-state index in [1.807, 2.05) is 6.92 Å². The van der Waals surface area contributed by atoms with Gasteiger partial charge in [0.05, 0.1) is 10.7 Å². The molecule has 19 heavy (non-hydrogen) atoms. The maximum absolute atomic E-state index is 13.1. The number of aromatic nitrogens is 1. The van der Waals surface area contributed by atoms with Gasteiger partial charge in [-0.3, -0.25) is 4.79 Å². The van der Waals surface area contributed by atoms with Crippen LogP contribution in [-0.4, -0.2) is 10.9 Å². The number of hydrogen-bond acceptors (Lipinski definition) is 3. The molecule has 0 radical (unpaired) electrons. The van der Waals surface area contributed by atoms with Crippen molar-refractivity contribution in [3.05, 3.63) is 45.7 Å². The SMILES string of the molecule is Cc1nc(C2CC2)sc1C(=O)Nc1cccc(F)c1. The molecule has 3 rings (SSSR count). The predicted octanol–water partition coefficient (Wildman–Crippen LogP) is 3.72. The van der Waals surface area contributed by atoms with E-state index in [9.17, 15) is 9.18 Å². The Bertz CT molecular complexity index is 634. The highest BCUT2D eigenvalue weighted by Gasteiger charge is 2.28. The van der Waals surface area contributed by atoms with Crippen LogP contribution >= 0.6 is 11.3 Å². The van der Waals surface area contributed by atoms with Crippen LogP contribution in [0.25, 0.3) is 0 Å². The summed E-state index contributed by atoms with van der Waals surface area (Å²) >= 11 is 1.44. The highest BCUT2D eigenvalue weighted by Crippen LogP contribution is 2.42. The molecule has 1 saturated carbocycles. The number of halogens is 1. The van der Waals surface area contributed by atoms with Gasteiger partial charge in [-0.25, -0.2) is 9.37 Å². The van der Waals surface area contributed by atoms with E-state index in [1.54, 1.807) is 12.1 Å². The molecule has 1 heterocycles. The second kappa shape index (κ2) is 4.74. The van der Waals surface area contributed by atoms with E-state index in [0.717, 1.165) is 23.5 Å². The third kappa shape index (κ3) is 2.66. The van der Waals surface area contributed by atoms with Crippen LogP contribution in [0.15, 0.2) is 24.3 Å². The van der Waals surface area contributed by atoms with Crippen LogP contribution in [0.1, 0.15) is 39.1 Å². The largest absolute Gasteiger partial charge is 0.321 e. The molecule has 0 unspecified atom stereocenters. The Morgan fingerprint density at radius 2 is 2.26 bits per heavy atom. The smallest absolute Gasteiger partial charge is 0.267 e. The predicted molar refractivity (Wildman–Crippen MR) is 73.2 cm³/mol. The monoisotopic (exact) mass is 276 g/mol. The summed E-state index contributed by atoms with van der Waals surface area (Å²) in [6, 6.07) is 5.88. The molecule has 0 atom stereocenters. The van der Waals surface area contributed by atoms with Crippen molar-refractivity contribution in [3.63, 3.8) is 0 Å². The molecule has 1 aromatic heterocycles. The Labute approximate surface area is 114 Å². The van der Waals surface area contributed by atoms with Gasteiger partial charge in [0.25, 0.3) is 5.91 Å². The van der Waals surface area contributed by atoms with Crippen molar-refractivity contribution in [2.45, 2.75) is 25.7 Å². The number of rotatable bonds is 3. The zero-order chi connectivity index (χ0) is 13.4. The topological polar surface area (TPSA) is 42.0 Å². The molecule has 1 aliphatic rings.